The molecule has 0 spiro atoms. The van der Waals surface area contributed by atoms with Gasteiger partial charge in [-0.25, -0.2) is 0 Å². The summed E-state index contributed by atoms with van der Waals surface area (Å²) in [5, 5.41) is 3.70. The number of fused-ring (bicyclic) bond motifs is 1. The molecule has 4 nitrogen and oxygen atoms in total. The Morgan fingerprint density at radius 1 is 1.44 bits per heavy atom. The van der Waals surface area contributed by atoms with Gasteiger partial charge in [0.15, 0.2) is 0 Å². The molecule has 0 saturated heterocycles. The maximum atomic E-state index is 11.5. The average molecular weight is 292 g/mol. The van der Waals surface area contributed by atoms with Gasteiger partial charge >= 0.3 is 5.97 Å². The SMILES string of the molecule is COC(=O)C1Cc2c(ccc(OC)c2Cl)CN1.Cl. The summed E-state index contributed by atoms with van der Waals surface area (Å²) in [6, 6.07) is 3.46. The van der Waals surface area contributed by atoms with Crippen LogP contribution < -0.4 is 10.1 Å². The molecular formula is C12H15Cl2NO3. The Balaban J connectivity index is 0.00000162. The van der Waals surface area contributed by atoms with Crippen LogP contribution in [0.5, 0.6) is 5.75 Å². The number of benzene rings is 1. The zero-order valence-electron chi connectivity index (χ0n) is 10.2. The Morgan fingerprint density at radius 3 is 2.78 bits per heavy atom. The number of halogens is 2. The van der Waals surface area contributed by atoms with Crippen LogP contribution in [0.1, 0.15) is 11.1 Å². The van der Waals surface area contributed by atoms with Crippen molar-refractivity contribution in [2.45, 2.75) is 19.0 Å². The van der Waals surface area contributed by atoms with Gasteiger partial charge in [0.25, 0.3) is 0 Å². The van der Waals surface area contributed by atoms with Crippen molar-refractivity contribution in [3.63, 3.8) is 0 Å². The maximum Gasteiger partial charge on any atom is 0.323 e. The fraction of sp³-hybridized carbons (Fsp3) is 0.417. The van der Waals surface area contributed by atoms with Crippen LogP contribution in [0.2, 0.25) is 5.02 Å². The molecule has 1 aromatic carbocycles. The number of carbonyl (C=O) groups is 1. The largest absolute Gasteiger partial charge is 0.495 e. The summed E-state index contributed by atoms with van der Waals surface area (Å²) < 4.78 is 9.89. The highest BCUT2D eigenvalue weighted by molar-refractivity contribution is 6.33. The van der Waals surface area contributed by atoms with Crippen molar-refractivity contribution < 1.29 is 14.3 Å². The second-order valence-corrected chi connectivity index (χ2v) is 4.26. The van der Waals surface area contributed by atoms with E-state index in [0.29, 0.717) is 23.7 Å². The first kappa shape index (κ1) is 15.1. The number of hydrogen-bond acceptors (Lipinski definition) is 4. The van der Waals surface area contributed by atoms with Crippen LogP contribution in [0.3, 0.4) is 0 Å². The molecule has 100 valence electrons. The number of rotatable bonds is 2. The van der Waals surface area contributed by atoms with Crippen molar-refractivity contribution in [2.75, 3.05) is 14.2 Å². The highest BCUT2D eigenvalue weighted by Gasteiger charge is 2.27. The maximum absolute atomic E-state index is 11.5. The van der Waals surface area contributed by atoms with Crippen molar-refractivity contribution in [3.05, 3.63) is 28.3 Å². The standard InChI is InChI=1S/C12H14ClNO3.ClH/c1-16-10-4-3-7-6-14-9(12(15)17-2)5-8(7)11(10)13;/h3-4,9,14H,5-6H2,1-2H3;1H. The molecule has 0 amide bonds. The first-order valence-corrected chi connectivity index (χ1v) is 5.70. The van der Waals surface area contributed by atoms with Gasteiger partial charge in [-0.2, -0.15) is 0 Å². The lowest BCUT2D eigenvalue weighted by atomic mass is 9.95. The predicted octanol–water partition coefficient (Wildman–Crippen LogP) is 1.96. The third-order valence-electron chi connectivity index (χ3n) is 2.96. The Labute approximate surface area is 117 Å². The minimum atomic E-state index is -0.336. The molecule has 2 rings (SSSR count). The third kappa shape index (κ3) is 2.71. The minimum Gasteiger partial charge on any atom is -0.495 e. The van der Waals surface area contributed by atoms with Gasteiger partial charge in [-0.1, -0.05) is 17.7 Å². The van der Waals surface area contributed by atoms with Gasteiger partial charge in [0.1, 0.15) is 11.8 Å². The topological polar surface area (TPSA) is 47.6 Å². The molecule has 0 fully saturated rings. The number of carbonyl (C=O) groups excluding carboxylic acids is 1. The molecule has 6 heteroatoms. The molecule has 1 aromatic rings. The lowest BCUT2D eigenvalue weighted by Crippen LogP contribution is -2.42. The Bertz CT molecular complexity index is 451. The van der Waals surface area contributed by atoms with Gasteiger partial charge < -0.3 is 14.8 Å². The number of methoxy groups -OCH3 is 2. The van der Waals surface area contributed by atoms with E-state index in [-0.39, 0.29) is 24.4 Å². The molecule has 0 saturated carbocycles. The van der Waals surface area contributed by atoms with Crippen LogP contribution in [0.4, 0.5) is 0 Å². The summed E-state index contributed by atoms with van der Waals surface area (Å²) in [6.45, 7) is 0.610. The fourth-order valence-corrected chi connectivity index (χ4v) is 2.34. The van der Waals surface area contributed by atoms with Crippen LogP contribution in [0.25, 0.3) is 0 Å². The van der Waals surface area contributed by atoms with Crippen molar-refractivity contribution in [2.24, 2.45) is 0 Å². The number of hydrogen-bond donors (Lipinski definition) is 1. The highest BCUT2D eigenvalue weighted by Crippen LogP contribution is 2.33. The zero-order chi connectivity index (χ0) is 12.4. The first-order valence-electron chi connectivity index (χ1n) is 5.32. The zero-order valence-corrected chi connectivity index (χ0v) is 11.7. The fourth-order valence-electron chi connectivity index (χ4n) is 2.00. The molecule has 1 N–H and O–H groups in total. The van der Waals surface area contributed by atoms with Crippen LogP contribution in [-0.2, 0) is 22.5 Å². The summed E-state index contributed by atoms with van der Waals surface area (Å²) in [4.78, 5) is 11.5. The molecule has 0 bridgehead atoms. The van der Waals surface area contributed by atoms with Crippen molar-refractivity contribution in [1.82, 2.24) is 5.32 Å². The first-order chi connectivity index (χ1) is 8.17. The Hall–Kier alpha value is -0.970. The van der Waals surface area contributed by atoms with Crippen molar-refractivity contribution >= 4 is 30.0 Å². The second-order valence-electron chi connectivity index (χ2n) is 3.88. The Morgan fingerprint density at radius 2 is 2.17 bits per heavy atom. The average Bonchev–Trinajstić information content (AvgIpc) is 2.38. The molecule has 0 aromatic heterocycles. The normalized spacial score (nSPS) is 17.4. The van der Waals surface area contributed by atoms with E-state index in [9.17, 15) is 4.79 Å². The van der Waals surface area contributed by atoms with Gasteiger partial charge in [-0.15, -0.1) is 12.4 Å². The van der Waals surface area contributed by atoms with E-state index in [0.717, 1.165) is 11.1 Å². The minimum absolute atomic E-state index is 0. The predicted molar refractivity (Wildman–Crippen MR) is 71.6 cm³/mol. The third-order valence-corrected chi connectivity index (χ3v) is 3.37. The van der Waals surface area contributed by atoms with Crippen molar-refractivity contribution in [1.29, 1.82) is 0 Å². The summed E-state index contributed by atoms with van der Waals surface area (Å²) in [5.74, 6) is 0.366. The van der Waals surface area contributed by atoms with E-state index >= 15 is 0 Å². The Kier molecular flexibility index (Phi) is 5.26. The highest BCUT2D eigenvalue weighted by atomic mass is 35.5. The van der Waals surface area contributed by atoms with E-state index in [2.05, 4.69) is 5.32 Å². The summed E-state index contributed by atoms with van der Waals surface area (Å²) in [5.41, 5.74) is 2.05. The summed E-state index contributed by atoms with van der Waals surface area (Å²) >= 11 is 6.24. The van der Waals surface area contributed by atoms with Crippen LogP contribution in [0, 0.1) is 0 Å². The lowest BCUT2D eigenvalue weighted by molar-refractivity contribution is -0.143. The smallest absolute Gasteiger partial charge is 0.323 e. The van der Waals surface area contributed by atoms with E-state index < -0.39 is 0 Å². The van der Waals surface area contributed by atoms with E-state index in [1.54, 1.807) is 7.11 Å². The van der Waals surface area contributed by atoms with E-state index in [1.165, 1.54) is 7.11 Å². The van der Waals surface area contributed by atoms with Crippen LogP contribution >= 0.6 is 24.0 Å². The monoisotopic (exact) mass is 291 g/mol. The summed E-state index contributed by atoms with van der Waals surface area (Å²) in [6.07, 6.45) is 0.526. The molecular weight excluding hydrogens is 277 g/mol. The molecule has 1 unspecified atom stereocenters. The second kappa shape index (κ2) is 6.27. The van der Waals surface area contributed by atoms with E-state index in [1.807, 2.05) is 12.1 Å². The van der Waals surface area contributed by atoms with Crippen LogP contribution in [-0.4, -0.2) is 26.2 Å². The molecule has 0 radical (unpaired) electrons. The molecule has 1 heterocycles. The molecule has 18 heavy (non-hydrogen) atoms. The number of nitrogens with one attached hydrogen (secondary N) is 1. The lowest BCUT2D eigenvalue weighted by Gasteiger charge is -2.25. The van der Waals surface area contributed by atoms with Gasteiger partial charge in [0, 0.05) is 13.0 Å². The number of esters is 1. The van der Waals surface area contributed by atoms with Crippen molar-refractivity contribution in [3.8, 4) is 5.75 Å². The molecule has 1 aliphatic heterocycles. The van der Waals surface area contributed by atoms with Gasteiger partial charge in [0.2, 0.25) is 0 Å². The molecule has 1 aliphatic rings. The van der Waals surface area contributed by atoms with Crippen LogP contribution in [0.15, 0.2) is 12.1 Å². The molecule has 0 aliphatic carbocycles. The summed E-state index contributed by atoms with van der Waals surface area (Å²) in [7, 11) is 2.96. The quantitative estimate of drug-likeness (QED) is 0.847. The van der Waals surface area contributed by atoms with Gasteiger partial charge in [-0.05, 0) is 17.2 Å². The number of ether oxygens (including phenoxy) is 2. The van der Waals surface area contributed by atoms with Gasteiger partial charge in [0.05, 0.1) is 19.2 Å². The molecule has 1 atom stereocenters. The van der Waals surface area contributed by atoms with E-state index in [4.69, 9.17) is 21.1 Å². The van der Waals surface area contributed by atoms with Gasteiger partial charge in [-0.3, -0.25) is 4.79 Å².